The third-order valence-electron chi connectivity index (χ3n) is 3.43. The molecule has 1 fully saturated rings. The van der Waals surface area contributed by atoms with E-state index >= 15 is 0 Å². The number of aryl methyl sites for hydroxylation is 2. The molecule has 0 aromatic carbocycles. The van der Waals surface area contributed by atoms with Crippen LogP contribution in [-0.2, 0) is 4.79 Å². The van der Waals surface area contributed by atoms with Gasteiger partial charge in [0.2, 0.25) is 0 Å². The fourth-order valence-corrected chi connectivity index (χ4v) is 2.50. The fourth-order valence-electron chi connectivity index (χ4n) is 2.50. The Labute approximate surface area is 101 Å². The van der Waals surface area contributed by atoms with Crippen molar-refractivity contribution in [1.82, 2.24) is 0 Å². The number of hydrogen-bond acceptors (Lipinski definition) is 3. The molecule has 3 heteroatoms. The highest BCUT2D eigenvalue weighted by Crippen LogP contribution is 2.26. The van der Waals surface area contributed by atoms with Gasteiger partial charge in [0, 0.05) is 6.42 Å². The minimum Gasteiger partial charge on any atom is -0.466 e. The molecule has 1 unspecified atom stereocenters. The van der Waals surface area contributed by atoms with E-state index in [9.17, 15) is 9.59 Å². The molecule has 0 aliphatic heterocycles. The van der Waals surface area contributed by atoms with Crippen molar-refractivity contribution in [2.24, 2.45) is 5.92 Å². The Morgan fingerprint density at radius 1 is 1.29 bits per heavy atom. The molecule has 0 amide bonds. The molecule has 0 saturated heterocycles. The molecule has 1 atom stereocenters. The van der Waals surface area contributed by atoms with Crippen molar-refractivity contribution in [2.45, 2.75) is 46.0 Å². The van der Waals surface area contributed by atoms with Crippen LogP contribution in [0.3, 0.4) is 0 Å². The number of carbonyl (C=O) groups is 2. The van der Waals surface area contributed by atoms with E-state index in [0.717, 1.165) is 25.0 Å². The first-order valence-electron chi connectivity index (χ1n) is 6.23. The predicted molar refractivity (Wildman–Crippen MR) is 64.1 cm³/mol. The number of rotatable bonds is 2. The molecule has 0 N–H and O–H groups in total. The summed E-state index contributed by atoms with van der Waals surface area (Å²) in [6, 6.07) is 1.75. The van der Waals surface area contributed by atoms with Gasteiger partial charge in [0.25, 0.3) is 0 Å². The summed E-state index contributed by atoms with van der Waals surface area (Å²) in [6.07, 6.45) is 4.19. The van der Waals surface area contributed by atoms with Crippen LogP contribution in [0.2, 0.25) is 0 Å². The molecule has 2 rings (SSSR count). The minimum atomic E-state index is -0.437. The normalized spacial score (nSPS) is 21.3. The zero-order valence-electron chi connectivity index (χ0n) is 10.4. The third-order valence-corrected chi connectivity index (χ3v) is 3.43. The van der Waals surface area contributed by atoms with Crippen molar-refractivity contribution >= 4 is 11.6 Å². The molecule has 17 heavy (non-hydrogen) atoms. The van der Waals surface area contributed by atoms with Crippen molar-refractivity contribution in [2.75, 3.05) is 0 Å². The molecule has 1 aromatic heterocycles. The van der Waals surface area contributed by atoms with Gasteiger partial charge in [-0.25, -0.2) is 0 Å². The summed E-state index contributed by atoms with van der Waals surface area (Å²) in [5.41, 5.74) is 0.586. The Balaban J connectivity index is 2.24. The monoisotopic (exact) mass is 234 g/mol. The summed E-state index contributed by atoms with van der Waals surface area (Å²) in [5, 5.41) is 0. The van der Waals surface area contributed by atoms with E-state index < -0.39 is 5.92 Å². The molecule has 1 aliphatic carbocycles. The molecule has 1 heterocycles. The van der Waals surface area contributed by atoms with Crippen molar-refractivity contribution in [3.63, 3.8) is 0 Å². The van der Waals surface area contributed by atoms with E-state index in [-0.39, 0.29) is 11.6 Å². The second-order valence-corrected chi connectivity index (χ2v) is 4.81. The molecular weight excluding hydrogens is 216 g/mol. The zero-order valence-corrected chi connectivity index (χ0v) is 10.4. The van der Waals surface area contributed by atoms with Gasteiger partial charge < -0.3 is 4.42 Å². The number of carbonyl (C=O) groups excluding carboxylic acids is 2. The first-order chi connectivity index (χ1) is 8.09. The van der Waals surface area contributed by atoms with Crippen LogP contribution < -0.4 is 0 Å². The van der Waals surface area contributed by atoms with Crippen LogP contribution in [-0.4, -0.2) is 11.6 Å². The molecule has 1 saturated carbocycles. The highest BCUT2D eigenvalue weighted by Gasteiger charge is 2.30. The predicted octanol–water partition coefficient (Wildman–Crippen LogP) is 3.23. The number of Topliss-reactive ketones (excluding diaryl/α,β-unsaturated/α-hetero) is 2. The van der Waals surface area contributed by atoms with Crippen LogP contribution in [0.5, 0.6) is 0 Å². The molecule has 92 valence electrons. The fraction of sp³-hybridized carbons (Fsp3) is 0.571. The maximum atomic E-state index is 12.3. The first-order valence-corrected chi connectivity index (χ1v) is 6.23. The van der Waals surface area contributed by atoms with Crippen LogP contribution >= 0.6 is 0 Å². The Bertz CT molecular complexity index is 442. The van der Waals surface area contributed by atoms with E-state index in [4.69, 9.17) is 4.42 Å². The molecular formula is C14H18O3. The Morgan fingerprint density at radius 2 is 2.06 bits per heavy atom. The standard InChI is InChI=1S/C14H18O3/c1-9-8-12(10(2)17-9)14(16)11-6-4-3-5-7-13(11)15/h8,11H,3-7H2,1-2H3. The quantitative estimate of drug-likeness (QED) is 0.448. The van der Waals surface area contributed by atoms with Crippen LogP contribution in [0, 0.1) is 19.8 Å². The van der Waals surface area contributed by atoms with Crippen LogP contribution in [0.15, 0.2) is 10.5 Å². The summed E-state index contributed by atoms with van der Waals surface area (Å²) in [7, 11) is 0. The molecule has 0 bridgehead atoms. The van der Waals surface area contributed by atoms with Crippen molar-refractivity contribution in [3.05, 3.63) is 23.2 Å². The summed E-state index contributed by atoms with van der Waals surface area (Å²) in [5.74, 6) is 0.974. The van der Waals surface area contributed by atoms with Gasteiger partial charge >= 0.3 is 0 Å². The molecule has 3 nitrogen and oxygen atoms in total. The lowest BCUT2D eigenvalue weighted by molar-refractivity contribution is -0.121. The van der Waals surface area contributed by atoms with Crippen molar-refractivity contribution < 1.29 is 14.0 Å². The topological polar surface area (TPSA) is 47.3 Å². The zero-order chi connectivity index (χ0) is 12.4. The van der Waals surface area contributed by atoms with Gasteiger partial charge in [-0.1, -0.05) is 12.8 Å². The Kier molecular flexibility index (Phi) is 3.46. The van der Waals surface area contributed by atoms with Crippen molar-refractivity contribution in [1.29, 1.82) is 0 Å². The number of hydrogen-bond donors (Lipinski definition) is 0. The van der Waals surface area contributed by atoms with Crippen LogP contribution in [0.25, 0.3) is 0 Å². The molecule has 0 radical (unpaired) electrons. The van der Waals surface area contributed by atoms with Gasteiger partial charge in [0.1, 0.15) is 17.3 Å². The Morgan fingerprint density at radius 3 is 2.71 bits per heavy atom. The lowest BCUT2D eigenvalue weighted by Crippen LogP contribution is -2.23. The first kappa shape index (κ1) is 12.1. The second kappa shape index (κ2) is 4.86. The highest BCUT2D eigenvalue weighted by molar-refractivity contribution is 6.11. The number of furan rings is 1. The summed E-state index contributed by atoms with van der Waals surface area (Å²) in [6.45, 7) is 3.60. The van der Waals surface area contributed by atoms with Gasteiger partial charge in [-0.2, -0.15) is 0 Å². The average Bonchev–Trinajstić information content (AvgIpc) is 2.49. The lowest BCUT2D eigenvalue weighted by Gasteiger charge is -2.10. The van der Waals surface area contributed by atoms with E-state index in [1.54, 1.807) is 13.0 Å². The van der Waals surface area contributed by atoms with E-state index in [0.29, 0.717) is 24.2 Å². The molecule has 1 aromatic rings. The molecule has 1 aliphatic rings. The minimum absolute atomic E-state index is 0.0498. The van der Waals surface area contributed by atoms with Gasteiger partial charge in [-0.15, -0.1) is 0 Å². The van der Waals surface area contributed by atoms with Crippen LogP contribution in [0.1, 0.15) is 54.0 Å². The third kappa shape index (κ3) is 2.48. The highest BCUT2D eigenvalue weighted by atomic mass is 16.3. The van der Waals surface area contributed by atoms with Crippen molar-refractivity contribution in [3.8, 4) is 0 Å². The SMILES string of the molecule is Cc1cc(C(=O)C2CCCCCC2=O)c(C)o1. The maximum absolute atomic E-state index is 12.3. The largest absolute Gasteiger partial charge is 0.466 e. The maximum Gasteiger partial charge on any atom is 0.176 e. The smallest absolute Gasteiger partial charge is 0.176 e. The second-order valence-electron chi connectivity index (χ2n) is 4.81. The van der Waals surface area contributed by atoms with Gasteiger partial charge in [0.15, 0.2) is 5.78 Å². The number of ketones is 2. The Hall–Kier alpha value is -1.38. The van der Waals surface area contributed by atoms with E-state index in [1.165, 1.54) is 0 Å². The molecule has 0 spiro atoms. The van der Waals surface area contributed by atoms with E-state index in [1.807, 2.05) is 6.92 Å². The van der Waals surface area contributed by atoms with Gasteiger partial charge in [-0.05, 0) is 32.8 Å². The van der Waals surface area contributed by atoms with Crippen LogP contribution in [0.4, 0.5) is 0 Å². The summed E-state index contributed by atoms with van der Waals surface area (Å²) < 4.78 is 5.36. The summed E-state index contributed by atoms with van der Waals surface area (Å²) in [4.78, 5) is 24.2. The average molecular weight is 234 g/mol. The van der Waals surface area contributed by atoms with Gasteiger partial charge in [0.05, 0.1) is 11.5 Å². The van der Waals surface area contributed by atoms with E-state index in [2.05, 4.69) is 0 Å². The lowest BCUT2D eigenvalue weighted by atomic mass is 9.90. The van der Waals surface area contributed by atoms with Gasteiger partial charge in [-0.3, -0.25) is 9.59 Å². The summed E-state index contributed by atoms with van der Waals surface area (Å²) >= 11 is 0.